The second kappa shape index (κ2) is 4.53. The predicted octanol–water partition coefficient (Wildman–Crippen LogP) is 3.85. The highest BCUT2D eigenvalue weighted by Gasteiger charge is 2.21. The number of rotatable bonds is 2. The Kier molecular flexibility index (Phi) is 3.22. The summed E-state index contributed by atoms with van der Waals surface area (Å²) in [5, 5.41) is 9.63. The minimum Gasteiger partial charge on any atom is -0.478 e. The van der Waals surface area contributed by atoms with E-state index in [1.165, 1.54) is 18.2 Å². The Morgan fingerprint density at radius 3 is 2.67 bits per heavy atom. The van der Waals surface area contributed by atoms with E-state index >= 15 is 0 Å². The fourth-order valence-corrected chi connectivity index (χ4v) is 2.31. The summed E-state index contributed by atoms with van der Waals surface area (Å²) in [5.41, 5.74) is 0.955. The van der Waals surface area contributed by atoms with Gasteiger partial charge in [0.15, 0.2) is 0 Å². The van der Waals surface area contributed by atoms with Crippen LogP contribution in [-0.4, -0.2) is 16.1 Å². The van der Waals surface area contributed by atoms with Crippen molar-refractivity contribution in [1.82, 2.24) is 4.98 Å². The van der Waals surface area contributed by atoms with Gasteiger partial charge in [-0.3, -0.25) is 0 Å². The first-order chi connectivity index (χ1) is 8.41. The van der Waals surface area contributed by atoms with Crippen molar-refractivity contribution in [2.75, 3.05) is 0 Å². The van der Waals surface area contributed by atoms with E-state index in [-0.39, 0.29) is 16.6 Å². The third-order valence-corrected chi connectivity index (χ3v) is 3.01. The van der Waals surface area contributed by atoms with Crippen LogP contribution in [0.25, 0.3) is 10.9 Å². The highest BCUT2D eigenvalue weighted by molar-refractivity contribution is 6.33. The Bertz CT molecular complexity index is 640. The molecule has 2 aromatic rings. The van der Waals surface area contributed by atoms with Crippen LogP contribution in [0.15, 0.2) is 18.2 Å². The maximum atomic E-state index is 13.3. The van der Waals surface area contributed by atoms with E-state index in [2.05, 4.69) is 4.98 Å². The molecule has 1 N–H and O–H groups in total. The number of aromatic carboxylic acids is 1. The fraction of sp³-hybridized carbons (Fsp3) is 0.231. The van der Waals surface area contributed by atoms with Crippen molar-refractivity contribution in [2.45, 2.75) is 19.8 Å². The van der Waals surface area contributed by atoms with Gasteiger partial charge in [0.1, 0.15) is 16.5 Å². The number of hydrogen-bond acceptors (Lipinski definition) is 2. The van der Waals surface area contributed by atoms with Gasteiger partial charge >= 0.3 is 5.97 Å². The summed E-state index contributed by atoms with van der Waals surface area (Å²) < 4.78 is 13.3. The van der Waals surface area contributed by atoms with Gasteiger partial charge in [-0.05, 0) is 29.7 Å². The number of fused-ring (bicyclic) bond motifs is 1. The van der Waals surface area contributed by atoms with Gasteiger partial charge in [0.05, 0.1) is 5.52 Å². The number of carboxylic acids is 1. The van der Waals surface area contributed by atoms with Crippen LogP contribution in [-0.2, 0) is 0 Å². The van der Waals surface area contributed by atoms with Gasteiger partial charge in [0.2, 0.25) is 0 Å². The molecule has 1 aromatic heterocycles. The van der Waals surface area contributed by atoms with Crippen molar-refractivity contribution < 1.29 is 14.3 Å². The summed E-state index contributed by atoms with van der Waals surface area (Å²) in [7, 11) is 0. The molecule has 0 spiro atoms. The molecule has 0 bridgehead atoms. The summed E-state index contributed by atoms with van der Waals surface area (Å²) in [6.07, 6.45) is 0. The van der Waals surface area contributed by atoms with Crippen molar-refractivity contribution in [3.05, 3.63) is 40.3 Å². The first-order valence-corrected chi connectivity index (χ1v) is 5.81. The van der Waals surface area contributed by atoms with Crippen LogP contribution in [0.5, 0.6) is 0 Å². The predicted molar refractivity (Wildman–Crippen MR) is 67.8 cm³/mol. The quantitative estimate of drug-likeness (QED) is 0.841. The molecule has 2 rings (SSSR count). The van der Waals surface area contributed by atoms with Gasteiger partial charge in [-0.15, -0.1) is 0 Å². The van der Waals surface area contributed by atoms with Crippen molar-refractivity contribution in [1.29, 1.82) is 0 Å². The lowest BCUT2D eigenvalue weighted by atomic mass is 9.94. The van der Waals surface area contributed by atoms with E-state index in [0.29, 0.717) is 16.5 Å². The molecule has 0 saturated carbocycles. The smallest absolute Gasteiger partial charge is 0.339 e. The van der Waals surface area contributed by atoms with Gasteiger partial charge in [-0.1, -0.05) is 25.4 Å². The molecule has 0 aliphatic heterocycles. The standard InChI is InChI=1S/C13H11ClFNO2/c1-6(2)10-8-5-7(15)3-4-9(8)16-12(14)11(10)13(17)18/h3-6H,1-2H3,(H,17,18). The van der Waals surface area contributed by atoms with Gasteiger partial charge < -0.3 is 5.11 Å². The maximum absolute atomic E-state index is 13.3. The zero-order valence-electron chi connectivity index (χ0n) is 9.87. The second-order valence-corrected chi connectivity index (χ2v) is 4.67. The Balaban J connectivity index is 2.96. The highest BCUT2D eigenvalue weighted by Crippen LogP contribution is 2.32. The molecular weight excluding hydrogens is 257 g/mol. The monoisotopic (exact) mass is 267 g/mol. The lowest BCUT2D eigenvalue weighted by molar-refractivity contribution is 0.0695. The Morgan fingerprint density at radius 1 is 1.44 bits per heavy atom. The molecule has 94 valence electrons. The lowest BCUT2D eigenvalue weighted by Crippen LogP contribution is -2.07. The van der Waals surface area contributed by atoms with Crippen LogP contribution >= 0.6 is 11.6 Å². The molecule has 18 heavy (non-hydrogen) atoms. The molecule has 3 nitrogen and oxygen atoms in total. The van der Waals surface area contributed by atoms with E-state index in [0.717, 1.165) is 0 Å². The summed E-state index contributed by atoms with van der Waals surface area (Å²) in [6, 6.07) is 4.06. The van der Waals surface area contributed by atoms with Gasteiger partial charge in [-0.25, -0.2) is 14.2 Å². The number of halogens is 2. The van der Waals surface area contributed by atoms with E-state index < -0.39 is 11.8 Å². The molecule has 1 aromatic carbocycles. The number of carboxylic acid groups (broad SMARTS) is 1. The first-order valence-electron chi connectivity index (χ1n) is 5.43. The van der Waals surface area contributed by atoms with Gasteiger partial charge in [0.25, 0.3) is 0 Å². The Labute approximate surface area is 108 Å². The average Bonchev–Trinajstić information content (AvgIpc) is 2.27. The molecule has 0 radical (unpaired) electrons. The third-order valence-electron chi connectivity index (χ3n) is 2.73. The zero-order valence-corrected chi connectivity index (χ0v) is 10.6. The topological polar surface area (TPSA) is 50.2 Å². The number of carbonyl (C=O) groups is 1. The molecule has 0 fully saturated rings. The molecule has 0 amide bonds. The lowest BCUT2D eigenvalue weighted by Gasteiger charge is -2.14. The largest absolute Gasteiger partial charge is 0.478 e. The normalized spacial score (nSPS) is 11.2. The van der Waals surface area contributed by atoms with Gasteiger partial charge in [-0.2, -0.15) is 0 Å². The molecule has 1 heterocycles. The molecule has 0 saturated heterocycles. The SMILES string of the molecule is CC(C)c1c(C(=O)O)c(Cl)nc2ccc(F)cc12. The van der Waals surface area contributed by atoms with Crippen LogP contribution in [0.1, 0.15) is 35.7 Å². The van der Waals surface area contributed by atoms with E-state index in [1.807, 2.05) is 13.8 Å². The third kappa shape index (κ3) is 2.04. The minimum atomic E-state index is -1.15. The van der Waals surface area contributed by atoms with E-state index in [4.69, 9.17) is 11.6 Å². The van der Waals surface area contributed by atoms with Crippen molar-refractivity contribution in [3.63, 3.8) is 0 Å². The number of nitrogens with zero attached hydrogens (tertiary/aromatic N) is 1. The molecule has 0 atom stereocenters. The first kappa shape index (κ1) is 12.8. The van der Waals surface area contributed by atoms with Crippen LogP contribution in [0, 0.1) is 5.82 Å². The fourth-order valence-electron chi connectivity index (χ4n) is 2.03. The maximum Gasteiger partial charge on any atom is 0.339 e. The Morgan fingerprint density at radius 2 is 2.11 bits per heavy atom. The molecular formula is C13H11ClFNO2. The van der Waals surface area contributed by atoms with Crippen LogP contribution < -0.4 is 0 Å². The zero-order chi connectivity index (χ0) is 13.4. The van der Waals surface area contributed by atoms with Crippen LogP contribution in [0.4, 0.5) is 4.39 Å². The van der Waals surface area contributed by atoms with E-state index in [9.17, 15) is 14.3 Å². The highest BCUT2D eigenvalue weighted by atomic mass is 35.5. The van der Waals surface area contributed by atoms with Gasteiger partial charge in [0, 0.05) is 5.39 Å². The number of aromatic nitrogens is 1. The summed E-state index contributed by atoms with van der Waals surface area (Å²) in [4.78, 5) is 15.3. The van der Waals surface area contributed by atoms with Crippen LogP contribution in [0.2, 0.25) is 5.15 Å². The molecule has 0 unspecified atom stereocenters. The molecule has 0 aliphatic rings. The average molecular weight is 268 g/mol. The Hall–Kier alpha value is -1.68. The second-order valence-electron chi connectivity index (χ2n) is 4.31. The van der Waals surface area contributed by atoms with Crippen molar-refractivity contribution >= 4 is 28.5 Å². The summed E-state index contributed by atoms with van der Waals surface area (Å²) in [6.45, 7) is 3.67. The number of benzene rings is 1. The number of hydrogen-bond donors (Lipinski definition) is 1. The summed E-state index contributed by atoms with van der Waals surface area (Å²) in [5.74, 6) is -1.67. The summed E-state index contributed by atoms with van der Waals surface area (Å²) >= 11 is 5.90. The minimum absolute atomic E-state index is 0.0511. The van der Waals surface area contributed by atoms with E-state index in [1.54, 1.807) is 0 Å². The molecule has 0 aliphatic carbocycles. The van der Waals surface area contributed by atoms with Crippen molar-refractivity contribution in [3.8, 4) is 0 Å². The van der Waals surface area contributed by atoms with Crippen molar-refractivity contribution in [2.24, 2.45) is 0 Å². The van der Waals surface area contributed by atoms with Crippen LogP contribution in [0.3, 0.4) is 0 Å². The molecule has 5 heteroatoms. The number of pyridine rings is 1.